The lowest BCUT2D eigenvalue weighted by Crippen LogP contribution is -2.02. The first kappa shape index (κ1) is 34.2. The molecule has 0 unspecified atom stereocenters. The van der Waals surface area contributed by atoms with Crippen molar-refractivity contribution in [2.45, 2.75) is 14.7 Å². The van der Waals surface area contributed by atoms with E-state index in [9.17, 15) is 49.1 Å². The van der Waals surface area contributed by atoms with Gasteiger partial charge in [0.1, 0.15) is 47.5 Å². The Bertz CT molecular complexity index is 2730. The Morgan fingerprint density at radius 1 is 0.460 bits per heavy atom. The highest BCUT2D eigenvalue weighted by Crippen LogP contribution is 2.44. The quantitative estimate of drug-likeness (QED) is 0.124. The van der Waals surface area contributed by atoms with E-state index in [1.807, 2.05) is 0 Å². The Labute approximate surface area is 283 Å². The lowest BCUT2D eigenvalue weighted by Gasteiger charge is -2.16. The number of aromatic hydroxyl groups is 2. The van der Waals surface area contributed by atoms with Crippen molar-refractivity contribution >= 4 is 74.6 Å². The van der Waals surface area contributed by atoms with E-state index in [-0.39, 0.29) is 27.9 Å². The fourth-order valence-corrected chi connectivity index (χ4v) is 7.21. The number of azo groups is 2. The van der Waals surface area contributed by atoms with Gasteiger partial charge in [-0.25, -0.2) is 25.3 Å². The van der Waals surface area contributed by atoms with Crippen molar-refractivity contribution in [2.75, 3.05) is 0 Å². The molecule has 0 heterocycles. The Morgan fingerprint density at radius 2 is 0.920 bits per heavy atom. The standard InChI is InChI=1S/C32H22N4O11S3/c37-24-16-11-20-3-1-5-25(48(39,40)41)28(20)30(24)35-33-22-12-7-18(8-13-22)19-9-14-23(15-10-19)34-36-31-27(50(45,46)47)17-21-4-2-6-26(49(42,43)44)29(21)32(31)38/h1-17,37-38H,(H,39,40,41)(H,42,43,44)(H,45,46,47)/p-3. The van der Waals surface area contributed by atoms with E-state index in [1.54, 1.807) is 42.5 Å². The van der Waals surface area contributed by atoms with Crippen LogP contribution in [-0.4, -0.2) is 49.1 Å². The number of phenols is 2. The van der Waals surface area contributed by atoms with Crippen LogP contribution in [-0.2, 0) is 30.4 Å². The number of nitrogens with zero attached hydrogens (tertiary/aromatic N) is 4. The average Bonchev–Trinajstić information content (AvgIpc) is 3.06. The maximum Gasteiger partial charge on any atom is 0.153 e. The van der Waals surface area contributed by atoms with Crippen LogP contribution >= 0.6 is 0 Å². The number of hydrogen-bond acceptors (Lipinski definition) is 15. The predicted molar refractivity (Wildman–Crippen MR) is 175 cm³/mol. The molecule has 0 atom stereocenters. The third-order valence-electron chi connectivity index (χ3n) is 7.41. The maximum absolute atomic E-state index is 12.0. The van der Waals surface area contributed by atoms with E-state index in [1.165, 1.54) is 36.4 Å². The highest BCUT2D eigenvalue weighted by molar-refractivity contribution is 7.86. The molecule has 0 saturated heterocycles. The van der Waals surface area contributed by atoms with Gasteiger partial charge in [0.15, 0.2) is 5.75 Å². The molecule has 0 aliphatic carbocycles. The molecular weight excluding hydrogens is 713 g/mol. The summed E-state index contributed by atoms with van der Waals surface area (Å²) in [5.74, 6) is -1.41. The summed E-state index contributed by atoms with van der Waals surface area (Å²) in [5, 5.41) is 36.5. The average molecular weight is 732 g/mol. The van der Waals surface area contributed by atoms with Crippen molar-refractivity contribution in [2.24, 2.45) is 20.5 Å². The van der Waals surface area contributed by atoms with Crippen LogP contribution in [0.4, 0.5) is 22.7 Å². The second kappa shape index (κ2) is 12.7. The van der Waals surface area contributed by atoms with Gasteiger partial charge in [-0.3, -0.25) is 0 Å². The number of hydrogen-bond donors (Lipinski definition) is 2. The lowest BCUT2D eigenvalue weighted by atomic mass is 10.1. The molecule has 18 heteroatoms. The molecule has 0 saturated carbocycles. The zero-order valence-corrected chi connectivity index (χ0v) is 27.3. The number of phenolic OH excluding ortho intramolecular Hbond substituents is 2. The highest BCUT2D eigenvalue weighted by atomic mass is 32.2. The van der Waals surface area contributed by atoms with Crippen LogP contribution in [0.1, 0.15) is 0 Å². The maximum atomic E-state index is 12.0. The summed E-state index contributed by atoms with van der Waals surface area (Å²) in [7, 11) is -15.2. The molecule has 254 valence electrons. The molecule has 0 radical (unpaired) electrons. The number of benzene rings is 6. The molecule has 6 rings (SSSR count). The van der Waals surface area contributed by atoms with Crippen LogP contribution in [0.2, 0.25) is 0 Å². The molecular formula is C32H19N4O11S3-3. The predicted octanol–water partition coefficient (Wildman–Crippen LogP) is 6.61. The zero-order chi connectivity index (χ0) is 36.0. The van der Waals surface area contributed by atoms with Gasteiger partial charge in [-0.2, -0.15) is 10.2 Å². The largest absolute Gasteiger partial charge is 0.744 e. The van der Waals surface area contributed by atoms with Crippen molar-refractivity contribution in [3.05, 3.63) is 103 Å². The first-order valence-corrected chi connectivity index (χ1v) is 18.2. The third-order valence-corrected chi connectivity index (χ3v) is 10.0. The first-order valence-electron chi connectivity index (χ1n) is 14.0. The van der Waals surface area contributed by atoms with Crippen molar-refractivity contribution in [1.82, 2.24) is 0 Å². The van der Waals surface area contributed by atoms with Gasteiger partial charge < -0.3 is 23.9 Å². The summed E-state index contributed by atoms with van der Waals surface area (Å²) in [5.41, 5.74) is 0.793. The lowest BCUT2D eigenvalue weighted by molar-refractivity contribution is 0.457. The molecule has 0 fully saturated rings. The second-order valence-corrected chi connectivity index (χ2v) is 14.6. The van der Waals surface area contributed by atoms with Gasteiger partial charge in [0.25, 0.3) is 0 Å². The normalized spacial score (nSPS) is 12.8. The van der Waals surface area contributed by atoms with Gasteiger partial charge in [-0.1, -0.05) is 54.6 Å². The highest BCUT2D eigenvalue weighted by Gasteiger charge is 2.21. The Kier molecular flexibility index (Phi) is 8.68. The van der Waals surface area contributed by atoms with E-state index in [4.69, 9.17) is 0 Å². The minimum Gasteiger partial charge on any atom is -0.744 e. The van der Waals surface area contributed by atoms with Crippen molar-refractivity contribution in [1.29, 1.82) is 0 Å². The Morgan fingerprint density at radius 3 is 1.42 bits per heavy atom. The number of rotatable bonds is 8. The molecule has 50 heavy (non-hydrogen) atoms. The van der Waals surface area contributed by atoms with Crippen LogP contribution in [0.3, 0.4) is 0 Å². The van der Waals surface area contributed by atoms with Gasteiger partial charge in [0.2, 0.25) is 0 Å². The van der Waals surface area contributed by atoms with Crippen molar-refractivity contribution in [3.8, 4) is 22.6 Å². The summed E-state index contributed by atoms with van der Waals surface area (Å²) >= 11 is 0. The van der Waals surface area contributed by atoms with E-state index >= 15 is 0 Å². The van der Waals surface area contributed by atoms with Gasteiger partial charge in [0.05, 0.1) is 26.1 Å². The second-order valence-electron chi connectivity index (χ2n) is 10.6. The van der Waals surface area contributed by atoms with Crippen LogP contribution in [0, 0.1) is 0 Å². The van der Waals surface area contributed by atoms with Crippen LogP contribution in [0.5, 0.6) is 11.5 Å². The zero-order valence-electron chi connectivity index (χ0n) is 24.9. The van der Waals surface area contributed by atoms with E-state index < -0.39 is 61.9 Å². The van der Waals surface area contributed by atoms with Gasteiger partial charge in [-0.05, 0) is 70.4 Å². The van der Waals surface area contributed by atoms with E-state index in [2.05, 4.69) is 20.5 Å². The molecule has 0 aromatic heterocycles. The van der Waals surface area contributed by atoms with Crippen LogP contribution < -0.4 is 0 Å². The molecule has 2 N–H and O–H groups in total. The summed E-state index contributed by atoms with van der Waals surface area (Å²) < 4.78 is 107. The molecule has 0 bridgehead atoms. The van der Waals surface area contributed by atoms with Crippen LogP contribution in [0.25, 0.3) is 32.7 Å². The topological polar surface area (TPSA) is 262 Å². The molecule has 0 aliphatic rings. The Hall–Kier alpha value is -5.63. The minimum atomic E-state index is -5.24. The molecule has 6 aromatic rings. The Balaban J connectivity index is 1.28. The molecule has 6 aromatic carbocycles. The van der Waals surface area contributed by atoms with E-state index in [0.29, 0.717) is 22.2 Å². The van der Waals surface area contributed by atoms with Gasteiger partial charge in [0, 0.05) is 10.8 Å². The number of fused-ring (bicyclic) bond motifs is 2. The fraction of sp³-hybridized carbons (Fsp3) is 0. The van der Waals surface area contributed by atoms with Crippen molar-refractivity contribution in [3.63, 3.8) is 0 Å². The fourth-order valence-electron chi connectivity index (χ4n) is 5.14. The third kappa shape index (κ3) is 6.79. The summed E-state index contributed by atoms with van der Waals surface area (Å²) in [6.45, 7) is 0. The molecule has 0 spiro atoms. The molecule has 15 nitrogen and oxygen atoms in total. The van der Waals surface area contributed by atoms with Gasteiger partial charge in [-0.15, -0.1) is 10.2 Å². The summed E-state index contributed by atoms with van der Waals surface area (Å²) in [4.78, 5) is -2.37. The van der Waals surface area contributed by atoms with Crippen LogP contribution in [0.15, 0.2) is 138 Å². The SMILES string of the molecule is O=S(=O)([O-])c1cc2cccc(S(=O)(=O)[O-])c2c(O)c1N=Nc1ccc(-c2ccc(N=Nc3c(O)ccc4cccc(S(=O)(=O)[O-])c34)cc2)cc1. The van der Waals surface area contributed by atoms with Gasteiger partial charge >= 0.3 is 0 Å². The van der Waals surface area contributed by atoms with Crippen molar-refractivity contribution < 1.29 is 49.1 Å². The molecule has 0 aliphatic heterocycles. The minimum absolute atomic E-state index is 0.0676. The first-order chi connectivity index (χ1) is 23.5. The monoisotopic (exact) mass is 731 g/mol. The molecule has 0 amide bonds. The summed E-state index contributed by atoms with van der Waals surface area (Å²) in [6, 6.07) is 23.6. The summed E-state index contributed by atoms with van der Waals surface area (Å²) in [6.07, 6.45) is 0. The smallest absolute Gasteiger partial charge is 0.153 e. The van der Waals surface area contributed by atoms with E-state index in [0.717, 1.165) is 24.3 Å².